The molecule has 4 rings (SSSR count). The number of imidazole rings is 1. The molecule has 3 aromatic carbocycles. The average Bonchev–Trinajstić information content (AvgIpc) is 3.34. The number of aryl methyl sites for hydroxylation is 1. The van der Waals surface area contributed by atoms with Crippen LogP contribution in [0.15, 0.2) is 60.7 Å². The number of carbonyl (C=O) groups is 1. The molecule has 212 valence electrons. The molecule has 1 amide bonds. The van der Waals surface area contributed by atoms with Crippen LogP contribution in [0.25, 0.3) is 11.0 Å². The number of methoxy groups -OCH3 is 3. The largest absolute Gasteiger partial charge is 0.493 e. The maximum atomic E-state index is 13.3. The Morgan fingerprint density at radius 2 is 1.55 bits per heavy atom. The van der Waals surface area contributed by atoms with Crippen molar-refractivity contribution >= 4 is 16.9 Å². The van der Waals surface area contributed by atoms with Crippen molar-refractivity contribution in [1.82, 2.24) is 14.9 Å². The Morgan fingerprint density at radius 1 is 0.875 bits per heavy atom. The van der Waals surface area contributed by atoms with Crippen LogP contribution in [-0.2, 0) is 6.54 Å². The van der Waals surface area contributed by atoms with Gasteiger partial charge in [0.25, 0.3) is 5.91 Å². The van der Waals surface area contributed by atoms with Gasteiger partial charge < -0.3 is 28.8 Å². The molecule has 1 N–H and O–H groups in total. The number of unbranched alkanes of at least 4 members (excludes halogenated alkanes) is 1. The van der Waals surface area contributed by atoms with Crippen LogP contribution in [0.1, 0.15) is 67.3 Å². The molecule has 1 heterocycles. The molecule has 0 radical (unpaired) electrons. The minimum atomic E-state index is -0.340. The fraction of sp³-hybridized carbons (Fsp3) is 0.375. The molecule has 1 unspecified atom stereocenters. The van der Waals surface area contributed by atoms with Crippen molar-refractivity contribution in [1.29, 1.82) is 0 Å². The zero-order chi connectivity index (χ0) is 28.6. The van der Waals surface area contributed by atoms with Gasteiger partial charge in [-0.05, 0) is 61.6 Å². The lowest BCUT2D eigenvalue weighted by molar-refractivity contribution is 0.0936. The summed E-state index contributed by atoms with van der Waals surface area (Å²) in [5, 5.41) is 3.09. The summed E-state index contributed by atoms with van der Waals surface area (Å²) < 4.78 is 24.5. The third-order valence-electron chi connectivity index (χ3n) is 6.92. The van der Waals surface area contributed by atoms with Crippen molar-refractivity contribution in [3.8, 4) is 23.0 Å². The van der Waals surface area contributed by atoms with Crippen molar-refractivity contribution in [3.63, 3.8) is 0 Å². The van der Waals surface area contributed by atoms with E-state index in [0.717, 1.165) is 42.0 Å². The van der Waals surface area contributed by atoms with Gasteiger partial charge in [0.15, 0.2) is 11.5 Å². The summed E-state index contributed by atoms with van der Waals surface area (Å²) in [4.78, 5) is 18.2. The van der Waals surface area contributed by atoms with E-state index in [1.165, 1.54) is 26.9 Å². The third-order valence-corrected chi connectivity index (χ3v) is 6.92. The average molecular weight is 546 g/mol. The molecular formula is C32H39N3O5. The summed E-state index contributed by atoms with van der Waals surface area (Å²) >= 11 is 0. The van der Waals surface area contributed by atoms with Crippen molar-refractivity contribution in [2.24, 2.45) is 0 Å². The molecule has 0 aliphatic carbocycles. The highest BCUT2D eigenvalue weighted by Gasteiger charge is 2.22. The number of ether oxygens (including phenoxy) is 4. The number of rotatable bonds is 13. The molecule has 0 bridgehead atoms. The fourth-order valence-corrected chi connectivity index (χ4v) is 4.86. The molecule has 0 aliphatic heterocycles. The van der Waals surface area contributed by atoms with E-state index in [2.05, 4.69) is 41.9 Å². The molecule has 4 aromatic rings. The van der Waals surface area contributed by atoms with Crippen LogP contribution >= 0.6 is 0 Å². The lowest BCUT2D eigenvalue weighted by atomic mass is 10.0. The van der Waals surface area contributed by atoms with Gasteiger partial charge in [0, 0.05) is 12.1 Å². The predicted molar refractivity (Wildman–Crippen MR) is 157 cm³/mol. The van der Waals surface area contributed by atoms with E-state index in [1.54, 1.807) is 12.1 Å². The van der Waals surface area contributed by atoms with Crippen LogP contribution in [0.3, 0.4) is 0 Å². The molecule has 8 heteroatoms. The molecule has 0 aliphatic rings. The van der Waals surface area contributed by atoms with Crippen LogP contribution in [0.5, 0.6) is 23.0 Å². The quantitative estimate of drug-likeness (QED) is 0.192. The first-order valence-corrected chi connectivity index (χ1v) is 13.7. The zero-order valence-corrected chi connectivity index (χ0v) is 24.2. The number of hydrogen-bond acceptors (Lipinski definition) is 6. The van der Waals surface area contributed by atoms with E-state index in [-0.39, 0.29) is 11.9 Å². The highest BCUT2D eigenvalue weighted by molar-refractivity contribution is 5.96. The summed E-state index contributed by atoms with van der Waals surface area (Å²) in [7, 11) is 4.58. The fourth-order valence-electron chi connectivity index (χ4n) is 4.86. The van der Waals surface area contributed by atoms with Gasteiger partial charge in [0.05, 0.1) is 45.0 Å². The highest BCUT2D eigenvalue weighted by atomic mass is 16.5. The second-order valence-corrected chi connectivity index (χ2v) is 9.97. The molecule has 1 aromatic heterocycles. The molecule has 0 saturated carbocycles. The number of nitrogens with zero attached hydrogens (tertiary/aromatic N) is 2. The van der Waals surface area contributed by atoms with Gasteiger partial charge in [0.1, 0.15) is 11.6 Å². The Balaban J connectivity index is 1.47. The standard InChI is InChI=1S/C32H39N3O5/c1-21(2)24-13-7-10-16-27(24)40-18-12-11-17-35-26-15-9-8-14-25(26)34-31(35)22(3)33-32(36)23-19-28(37-4)30(39-6)29(20-23)38-5/h7-10,13-16,19-22H,11-12,17-18H2,1-6H3,(H,33,36). The van der Waals surface area contributed by atoms with E-state index >= 15 is 0 Å². The predicted octanol–water partition coefficient (Wildman–Crippen LogP) is 6.54. The second-order valence-electron chi connectivity index (χ2n) is 9.97. The number of para-hydroxylation sites is 3. The molecule has 1 atom stereocenters. The molecule has 0 fully saturated rings. The minimum absolute atomic E-state index is 0.262. The van der Waals surface area contributed by atoms with Crippen molar-refractivity contribution < 1.29 is 23.7 Å². The minimum Gasteiger partial charge on any atom is -0.493 e. The summed E-state index contributed by atoms with van der Waals surface area (Å²) in [6, 6.07) is 19.2. The van der Waals surface area contributed by atoms with E-state index in [0.29, 0.717) is 35.3 Å². The molecule has 0 saturated heterocycles. The van der Waals surface area contributed by atoms with E-state index < -0.39 is 0 Å². The number of carbonyl (C=O) groups excluding carboxylic acids is 1. The van der Waals surface area contributed by atoms with Gasteiger partial charge >= 0.3 is 0 Å². The first-order valence-electron chi connectivity index (χ1n) is 13.7. The van der Waals surface area contributed by atoms with Crippen molar-refractivity contribution in [2.75, 3.05) is 27.9 Å². The summed E-state index contributed by atoms with van der Waals surface area (Å²) in [6.07, 6.45) is 1.80. The number of fused-ring (bicyclic) bond motifs is 1. The van der Waals surface area contributed by atoms with Crippen LogP contribution in [-0.4, -0.2) is 43.4 Å². The van der Waals surface area contributed by atoms with Gasteiger partial charge in [-0.1, -0.05) is 44.2 Å². The molecule has 8 nitrogen and oxygen atoms in total. The summed E-state index contributed by atoms with van der Waals surface area (Å²) in [5.74, 6) is 3.18. The summed E-state index contributed by atoms with van der Waals surface area (Å²) in [6.45, 7) is 7.69. The number of hydrogen-bond donors (Lipinski definition) is 1. The Hall–Kier alpha value is -4.20. The number of benzene rings is 3. The van der Waals surface area contributed by atoms with Gasteiger partial charge in [-0.25, -0.2) is 4.98 Å². The number of nitrogens with one attached hydrogen (secondary N) is 1. The second kappa shape index (κ2) is 13.2. The highest BCUT2D eigenvalue weighted by Crippen LogP contribution is 2.38. The Morgan fingerprint density at radius 3 is 2.23 bits per heavy atom. The van der Waals surface area contributed by atoms with Crippen LogP contribution in [0.2, 0.25) is 0 Å². The van der Waals surface area contributed by atoms with Gasteiger partial charge in [-0.3, -0.25) is 4.79 Å². The van der Waals surface area contributed by atoms with Crippen LogP contribution < -0.4 is 24.3 Å². The van der Waals surface area contributed by atoms with Crippen LogP contribution in [0.4, 0.5) is 0 Å². The number of amides is 1. The van der Waals surface area contributed by atoms with Gasteiger partial charge in [-0.15, -0.1) is 0 Å². The normalized spacial score (nSPS) is 11.9. The Kier molecular flexibility index (Phi) is 9.53. The zero-order valence-electron chi connectivity index (χ0n) is 24.2. The topological polar surface area (TPSA) is 83.8 Å². The Labute approximate surface area is 236 Å². The monoisotopic (exact) mass is 545 g/mol. The first-order chi connectivity index (χ1) is 19.4. The SMILES string of the molecule is COc1cc(C(=O)NC(C)c2nc3ccccc3n2CCCCOc2ccccc2C(C)C)cc(OC)c1OC. The van der Waals surface area contributed by atoms with Crippen molar-refractivity contribution in [3.05, 3.63) is 77.6 Å². The van der Waals surface area contributed by atoms with Crippen molar-refractivity contribution in [2.45, 2.75) is 52.1 Å². The number of aromatic nitrogens is 2. The molecular weight excluding hydrogens is 506 g/mol. The maximum Gasteiger partial charge on any atom is 0.252 e. The molecule has 40 heavy (non-hydrogen) atoms. The lowest BCUT2D eigenvalue weighted by Gasteiger charge is -2.18. The third kappa shape index (κ3) is 6.33. The van der Waals surface area contributed by atoms with Gasteiger partial charge in [0.2, 0.25) is 5.75 Å². The van der Waals surface area contributed by atoms with E-state index in [1.807, 2.05) is 37.3 Å². The lowest BCUT2D eigenvalue weighted by Crippen LogP contribution is -2.29. The summed E-state index contributed by atoms with van der Waals surface area (Å²) in [5.41, 5.74) is 3.57. The van der Waals surface area contributed by atoms with E-state index in [4.69, 9.17) is 23.9 Å². The first kappa shape index (κ1) is 28.8. The Bertz CT molecular complexity index is 1420. The molecule has 0 spiro atoms. The smallest absolute Gasteiger partial charge is 0.252 e. The van der Waals surface area contributed by atoms with Gasteiger partial charge in [-0.2, -0.15) is 0 Å². The maximum absolute atomic E-state index is 13.3. The van der Waals surface area contributed by atoms with Crippen LogP contribution in [0, 0.1) is 0 Å². The van der Waals surface area contributed by atoms with E-state index in [9.17, 15) is 4.79 Å².